The van der Waals surface area contributed by atoms with Crippen molar-refractivity contribution in [1.82, 2.24) is 9.97 Å². The Morgan fingerprint density at radius 1 is 1.04 bits per heavy atom. The van der Waals surface area contributed by atoms with Gasteiger partial charge in [0, 0.05) is 28.4 Å². The Kier molecular flexibility index (Phi) is 4.18. The molecule has 4 rings (SSSR count). The average molecular weight is 386 g/mol. The van der Waals surface area contributed by atoms with E-state index in [1.807, 2.05) is 24.3 Å². The van der Waals surface area contributed by atoms with E-state index in [9.17, 15) is 4.79 Å². The molecule has 0 aliphatic rings. The van der Waals surface area contributed by atoms with Gasteiger partial charge in [0.2, 0.25) is 0 Å². The fourth-order valence-corrected chi connectivity index (χ4v) is 3.44. The molecule has 2 N–H and O–H groups in total. The predicted molar refractivity (Wildman–Crippen MR) is 106 cm³/mol. The number of H-pyrrole nitrogens is 1. The molecule has 0 atom stereocenters. The van der Waals surface area contributed by atoms with Gasteiger partial charge in [0.1, 0.15) is 11.4 Å². The van der Waals surface area contributed by atoms with E-state index in [4.69, 9.17) is 27.9 Å². The summed E-state index contributed by atoms with van der Waals surface area (Å²) in [6, 6.07) is 12.6. The van der Waals surface area contributed by atoms with Gasteiger partial charge in [-0.05, 0) is 18.2 Å². The molecule has 0 radical (unpaired) electrons. The van der Waals surface area contributed by atoms with Gasteiger partial charge in [-0.2, -0.15) is 0 Å². The van der Waals surface area contributed by atoms with E-state index in [1.165, 1.54) is 0 Å². The number of methoxy groups -OCH3 is 1. The summed E-state index contributed by atoms with van der Waals surface area (Å²) < 4.78 is 5.26. The van der Waals surface area contributed by atoms with E-state index >= 15 is 0 Å². The molecule has 2 aromatic carbocycles. The molecule has 2 heterocycles. The van der Waals surface area contributed by atoms with E-state index in [-0.39, 0.29) is 5.56 Å². The number of halogens is 2. The molecule has 4 aromatic rings. The van der Waals surface area contributed by atoms with Crippen LogP contribution >= 0.6 is 23.2 Å². The SMILES string of the molecule is COc1cc(Nc2ccnc3[nH]c(=O)c4ccccc4c23)c(Cl)cc1Cl. The number of hydrogen-bond donors (Lipinski definition) is 2. The number of nitrogens with one attached hydrogen (secondary N) is 2. The Bertz CT molecular complexity index is 1200. The summed E-state index contributed by atoms with van der Waals surface area (Å²) in [6.07, 6.45) is 1.62. The number of ether oxygens (including phenoxy) is 1. The Morgan fingerprint density at radius 3 is 2.58 bits per heavy atom. The van der Waals surface area contributed by atoms with Crippen LogP contribution in [0.25, 0.3) is 21.8 Å². The third kappa shape index (κ3) is 2.75. The molecule has 0 bridgehead atoms. The van der Waals surface area contributed by atoms with Crippen LogP contribution in [0, 0.1) is 0 Å². The van der Waals surface area contributed by atoms with Gasteiger partial charge in [0.15, 0.2) is 0 Å². The zero-order valence-corrected chi connectivity index (χ0v) is 15.2. The van der Waals surface area contributed by atoms with Crippen molar-refractivity contribution in [3.63, 3.8) is 0 Å². The Labute approximate surface area is 158 Å². The first-order valence-electron chi connectivity index (χ1n) is 7.78. The molecule has 0 aliphatic carbocycles. The van der Waals surface area contributed by atoms with E-state index in [2.05, 4.69) is 15.3 Å². The van der Waals surface area contributed by atoms with E-state index in [1.54, 1.807) is 31.5 Å². The second-order valence-corrected chi connectivity index (χ2v) is 6.49. The lowest BCUT2D eigenvalue weighted by Crippen LogP contribution is -2.08. The highest BCUT2D eigenvalue weighted by Crippen LogP contribution is 2.37. The molecule has 2 aromatic heterocycles. The number of nitrogens with zero attached hydrogens (tertiary/aromatic N) is 1. The smallest absolute Gasteiger partial charge is 0.257 e. The van der Waals surface area contributed by atoms with Gasteiger partial charge in [-0.1, -0.05) is 41.4 Å². The minimum Gasteiger partial charge on any atom is -0.495 e. The van der Waals surface area contributed by atoms with Crippen molar-refractivity contribution in [2.45, 2.75) is 0 Å². The lowest BCUT2D eigenvalue weighted by Gasteiger charge is -2.14. The predicted octanol–water partition coefficient (Wildman–Crippen LogP) is 5.14. The number of hydrogen-bond acceptors (Lipinski definition) is 4. The van der Waals surface area contributed by atoms with E-state index in [0.29, 0.717) is 32.5 Å². The number of aromatic amines is 1. The van der Waals surface area contributed by atoms with Crippen LogP contribution in [0.1, 0.15) is 0 Å². The van der Waals surface area contributed by atoms with Crippen molar-refractivity contribution in [3.8, 4) is 5.75 Å². The number of rotatable bonds is 3. The largest absolute Gasteiger partial charge is 0.495 e. The number of benzene rings is 2. The van der Waals surface area contributed by atoms with E-state index in [0.717, 1.165) is 16.5 Å². The summed E-state index contributed by atoms with van der Waals surface area (Å²) in [5.41, 5.74) is 1.71. The second-order valence-electron chi connectivity index (χ2n) is 5.67. The quantitative estimate of drug-likeness (QED) is 0.479. The first-order valence-corrected chi connectivity index (χ1v) is 8.54. The van der Waals surface area contributed by atoms with E-state index < -0.39 is 0 Å². The Hall–Kier alpha value is -2.76. The third-order valence-corrected chi connectivity index (χ3v) is 4.74. The minimum absolute atomic E-state index is 0.177. The summed E-state index contributed by atoms with van der Waals surface area (Å²) in [5, 5.41) is 6.37. The van der Waals surface area contributed by atoms with Crippen LogP contribution in [0.2, 0.25) is 10.0 Å². The van der Waals surface area contributed by atoms with Crippen LogP contribution in [0.15, 0.2) is 53.5 Å². The monoisotopic (exact) mass is 385 g/mol. The van der Waals surface area contributed by atoms with Gasteiger partial charge in [-0.15, -0.1) is 0 Å². The molecule has 0 saturated heterocycles. The van der Waals surface area contributed by atoms with Crippen molar-refractivity contribution in [2.24, 2.45) is 0 Å². The average Bonchev–Trinajstić information content (AvgIpc) is 2.64. The molecule has 7 heteroatoms. The van der Waals surface area contributed by atoms with Crippen LogP contribution in [0.3, 0.4) is 0 Å². The number of anilines is 2. The van der Waals surface area contributed by atoms with Gasteiger partial charge in [0.05, 0.1) is 28.5 Å². The topological polar surface area (TPSA) is 67.0 Å². The summed E-state index contributed by atoms with van der Waals surface area (Å²) in [6.45, 7) is 0. The van der Waals surface area contributed by atoms with Gasteiger partial charge in [0.25, 0.3) is 5.56 Å². The molecular weight excluding hydrogens is 373 g/mol. The van der Waals surface area contributed by atoms with Crippen molar-refractivity contribution in [3.05, 3.63) is 69.1 Å². The maximum atomic E-state index is 12.3. The molecule has 0 saturated carbocycles. The van der Waals surface area contributed by atoms with Gasteiger partial charge in [-0.25, -0.2) is 4.98 Å². The molecule has 0 amide bonds. The lowest BCUT2D eigenvalue weighted by atomic mass is 10.1. The molecule has 130 valence electrons. The van der Waals surface area contributed by atoms with Crippen molar-refractivity contribution in [2.75, 3.05) is 12.4 Å². The van der Waals surface area contributed by atoms with Crippen LogP contribution < -0.4 is 15.6 Å². The van der Waals surface area contributed by atoms with Crippen molar-refractivity contribution in [1.29, 1.82) is 0 Å². The Balaban J connectivity index is 1.96. The first kappa shape index (κ1) is 16.7. The molecule has 0 fully saturated rings. The summed E-state index contributed by atoms with van der Waals surface area (Å²) in [7, 11) is 1.54. The summed E-state index contributed by atoms with van der Waals surface area (Å²) >= 11 is 12.4. The fourth-order valence-electron chi connectivity index (χ4n) is 2.93. The molecule has 26 heavy (non-hydrogen) atoms. The van der Waals surface area contributed by atoms with Crippen molar-refractivity contribution >= 4 is 56.4 Å². The number of pyridine rings is 2. The van der Waals surface area contributed by atoms with Gasteiger partial charge >= 0.3 is 0 Å². The summed E-state index contributed by atoms with van der Waals surface area (Å²) in [4.78, 5) is 19.4. The Morgan fingerprint density at radius 2 is 1.81 bits per heavy atom. The zero-order valence-electron chi connectivity index (χ0n) is 13.6. The van der Waals surface area contributed by atoms with Gasteiger partial charge in [-0.3, -0.25) is 4.79 Å². The molecule has 5 nitrogen and oxygen atoms in total. The highest BCUT2D eigenvalue weighted by Gasteiger charge is 2.13. The molecule has 0 aliphatic heterocycles. The zero-order chi connectivity index (χ0) is 18.3. The third-order valence-electron chi connectivity index (χ3n) is 4.13. The van der Waals surface area contributed by atoms with Crippen molar-refractivity contribution < 1.29 is 4.74 Å². The molecule has 0 spiro atoms. The number of aromatic nitrogens is 2. The highest BCUT2D eigenvalue weighted by molar-refractivity contribution is 6.37. The van der Waals surface area contributed by atoms with Crippen LogP contribution in [-0.2, 0) is 0 Å². The van der Waals surface area contributed by atoms with Crippen LogP contribution in [0.4, 0.5) is 11.4 Å². The normalized spacial score (nSPS) is 11.0. The van der Waals surface area contributed by atoms with Gasteiger partial charge < -0.3 is 15.0 Å². The fraction of sp³-hybridized carbons (Fsp3) is 0.0526. The van der Waals surface area contributed by atoms with Crippen LogP contribution in [-0.4, -0.2) is 17.1 Å². The molecular formula is C19H13Cl2N3O2. The maximum Gasteiger partial charge on any atom is 0.257 e. The lowest BCUT2D eigenvalue weighted by molar-refractivity contribution is 0.415. The second kappa shape index (κ2) is 6.52. The minimum atomic E-state index is -0.177. The standard InChI is InChI=1S/C19H13Cl2N3O2/c1-26-16-9-15(12(20)8-13(16)21)23-14-6-7-22-18-17(14)10-4-2-3-5-11(10)19(25)24-18/h2-9H,1H3,(H2,22,23,24,25). The first-order chi connectivity index (χ1) is 12.6. The highest BCUT2D eigenvalue weighted by atomic mass is 35.5. The number of fused-ring (bicyclic) bond motifs is 3. The maximum absolute atomic E-state index is 12.3. The summed E-state index contributed by atoms with van der Waals surface area (Å²) in [5.74, 6) is 0.509. The van der Waals surface area contributed by atoms with Crippen LogP contribution in [0.5, 0.6) is 5.75 Å². The molecule has 0 unspecified atom stereocenters.